The van der Waals surface area contributed by atoms with Gasteiger partial charge in [0.15, 0.2) is 5.75 Å². The number of aromatic nitrogens is 1. The topological polar surface area (TPSA) is 66.9 Å². The predicted octanol–water partition coefficient (Wildman–Crippen LogP) is 3.97. The van der Waals surface area contributed by atoms with Crippen molar-refractivity contribution in [3.05, 3.63) is 66.4 Å². The van der Waals surface area contributed by atoms with Crippen LogP contribution in [0.5, 0.6) is 5.75 Å². The van der Waals surface area contributed by atoms with Gasteiger partial charge in [0.25, 0.3) is 5.91 Å². The molecule has 1 aromatic heterocycles. The molecular formula is C26H30N4O3. The van der Waals surface area contributed by atoms with E-state index in [0.29, 0.717) is 17.4 Å². The summed E-state index contributed by atoms with van der Waals surface area (Å²) in [6, 6.07) is 17.1. The summed E-state index contributed by atoms with van der Waals surface area (Å²) in [6.07, 6.45) is 5.70. The zero-order valence-corrected chi connectivity index (χ0v) is 18.8. The maximum atomic E-state index is 13.0. The van der Waals surface area contributed by atoms with Gasteiger partial charge < -0.3 is 14.5 Å². The van der Waals surface area contributed by atoms with Crippen LogP contribution in [-0.2, 0) is 4.74 Å². The van der Waals surface area contributed by atoms with Crippen molar-refractivity contribution in [3.63, 3.8) is 0 Å². The normalized spacial score (nSPS) is 19.4. The van der Waals surface area contributed by atoms with E-state index in [1.165, 1.54) is 12.8 Å². The van der Waals surface area contributed by atoms with Gasteiger partial charge in [0.05, 0.1) is 11.8 Å². The number of rotatable bonds is 6. The minimum atomic E-state index is 0.0780. The van der Waals surface area contributed by atoms with Gasteiger partial charge in [0, 0.05) is 56.5 Å². The molecule has 1 amide bonds. The van der Waals surface area contributed by atoms with Crippen LogP contribution in [0.3, 0.4) is 0 Å². The van der Waals surface area contributed by atoms with E-state index < -0.39 is 0 Å². The lowest BCUT2D eigenvalue weighted by molar-refractivity contribution is -0.0130. The average molecular weight is 447 g/mol. The van der Waals surface area contributed by atoms with Crippen molar-refractivity contribution in [2.45, 2.75) is 25.4 Å². The van der Waals surface area contributed by atoms with Gasteiger partial charge in [-0.15, -0.1) is 0 Å². The highest BCUT2D eigenvalue weighted by atomic mass is 16.6. The molecule has 33 heavy (non-hydrogen) atoms. The van der Waals surface area contributed by atoms with Crippen LogP contribution in [0.1, 0.15) is 29.6 Å². The van der Waals surface area contributed by atoms with Gasteiger partial charge in [-0.2, -0.15) is 0 Å². The van der Waals surface area contributed by atoms with E-state index in [4.69, 9.17) is 9.57 Å². The van der Waals surface area contributed by atoms with Crippen molar-refractivity contribution in [1.29, 1.82) is 0 Å². The Balaban J connectivity index is 1.13. The van der Waals surface area contributed by atoms with Crippen molar-refractivity contribution in [3.8, 4) is 5.75 Å². The SMILES string of the molecule is O=C(c1ccc(NOc2cccc3cccnc23)cc1)N1CCN(CC2CCCCO2)CC1. The Morgan fingerprint density at radius 1 is 1.03 bits per heavy atom. The molecule has 0 aliphatic carbocycles. The summed E-state index contributed by atoms with van der Waals surface area (Å²) in [6.45, 7) is 5.17. The molecule has 0 saturated carbocycles. The van der Waals surface area contributed by atoms with E-state index >= 15 is 0 Å². The van der Waals surface area contributed by atoms with Crippen LogP contribution in [0.4, 0.5) is 5.69 Å². The first kappa shape index (κ1) is 21.7. The molecule has 7 nitrogen and oxygen atoms in total. The molecule has 0 radical (unpaired) electrons. The largest absolute Gasteiger partial charge is 0.380 e. The summed E-state index contributed by atoms with van der Waals surface area (Å²) >= 11 is 0. The van der Waals surface area contributed by atoms with Crippen LogP contribution in [-0.4, -0.2) is 66.1 Å². The molecule has 2 aliphatic heterocycles. The highest BCUT2D eigenvalue weighted by Crippen LogP contribution is 2.24. The van der Waals surface area contributed by atoms with Crippen molar-refractivity contribution in [2.75, 3.05) is 44.8 Å². The molecule has 7 heteroatoms. The summed E-state index contributed by atoms with van der Waals surface area (Å²) in [5, 5.41) is 1.02. The number of piperazine rings is 1. The second-order valence-electron chi connectivity index (χ2n) is 8.69. The molecule has 2 fully saturated rings. The maximum Gasteiger partial charge on any atom is 0.253 e. The van der Waals surface area contributed by atoms with Gasteiger partial charge in [-0.25, -0.2) is 5.48 Å². The van der Waals surface area contributed by atoms with E-state index in [1.54, 1.807) is 6.20 Å². The number of para-hydroxylation sites is 1. The monoisotopic (exact) mass is 446 g/mol. The fraction of sp³-hybridized carbons (Fsp3) is 0.385. The fourth-order valence-corrected chi connectivity index (χ4v) is 4.51. The van der Waals surface area contributed by atoms with Crippen LogP contribution >= 0.6 is 0 Å². The Hall–Kier alpha value is -3.16. The van der Waals surface area contributed by atoms with Crippen LogP contribution in [0.2, 0.25) is 0 Å². The van der Waals surface area contributed by atoms with E-state index in [0.717, 1.165) is 62.3 Å². The van der Waals surface area contributed by atoms with E-state index in [2.05, 4.69) is 15.4 Å². The van der Waals surface area contributed by atoms with Gasteiger partial charge in [0.2, 0.25) is 0 Å². The Labute approximate surface area is 194 Å². The minimum absolute atomic E-state index is 0.0780. The average Bonchev–Trinajstić information content (AvgIpc) is 2.88. The lowest BCUT2D eigenvalue weighted by Crippen LogP contribution is -2.50. The number of benzene rings is 2. The summed E-state index contributed by atoms with van der Waals surface area (Å²) in [5.74, 6) is 0.735. The second-order valence-corrected chi connectivity index (χ2v) is 8.69. The highest BCUT2D eigenvalue weighted by Gasteiger charge is 2.24. The first-order chi connectivity index (χ1) is 16.3. The Morgan fingerprint density at radius 2 is 1.85 bits per heavy atom. The van der Waals surface area contributed by atoms with Gasteiger partial charge in [-0.1, -0.05) is 18.2 Å². The van der Waals surface area contributed by atoms with Crippen LogP contribution in [0, 0.1) is 0 Å². The molecule has 5 rings (SSSR count). The molecule has 3 aromatic rings. The summed E-state index contributed by atoms with van der Waals surface area (Å²) < 4.78 is 5.86. The van der Waals surface area contributed by atoms with E-state index in [-0.39, 0.29) is 5.91 Å². The molecule has 1 atom stereocenters. The number of amides is 1. The van der Waals surface area contributed by atoms with Gasteiger partial charge in [-0.3, -0.25) is 14.7 Å². The number of nitrogens with zero attached hydrogens (tertiary/aromatic N) is 3. The number of carbonyl (C=O) groups excluding carboxylic acids is 1. The van der Waals surface area contributed by atoms with Gasteiger partial charge in [-0.05, 0) is 55.7 Å². The standard InChI is InChI=1S/C26H30N4O3/c31-26(30-16-14-29(15-17-30)19-23-7-1-2-18-32-23)21-9-11-22(12-10-21)28-33-24-8-3-5-20-6-4-13-27-25(20)24/h3-6,8-13,23,28H,1-2,7,14-19H2. The Kier molecular flexibility index (Phi) is 6.69. The first-order valence-electron chi connectivity index (χ1n) is 11.8. The minimum Gasteiger partial charge on any atom is -0.380 e. The number of fused-ring (bicyclic) bond motifs is 1. The van der Waals surface area contributed by atoms with Crippen LogP contribution < -0.4 is 10.3 Å². The van der Waals surface area contributed by atoms with E-state index in [1.807, 2.05) is 59.5 Å². The lowest BCUT2D eigenvalue weighted by atomic mass is 10.1. The highest BCUT2D eigenvalue weighted by molar-refractivity contribution is 5.94. The molecule has 0 bridgehead atoms. The number of hydrogen-bond donors (Lipinski definition) is 1. The van der Waals surface area contributed by atoms with Crippen molar-refractivity contribution < 1.29 is 14.4 Å². The molecule has 2 saturated heterocycles. The van der Waals surface area contributed by atoms with Crippen LogP contribution in [0.15, 0.2) is 60.8 Å². The Morgan fingerprint density at radius 3 is 2.64 bits per heavy atom. The number of carbonyl (C=O) groups is 1. The van der Waals surface area contributed by atoms with Crippen molar-refractivity contribution >= 4 is 22.5 Å². The molecule has 2 aromatic carbocycles. The van der Waals surface area contributed by atoms with Crippen molar-refractivity contribution in [2.24, 2.45) is 0 Å². The third kappa shape index (κ3) is 5.26. The summed E-state index contributed by atoms with van der Waals surface area (Å²) in [7, 11) is 0. The zero-order chi connectivity index (χ0) is 22.5. The van der Waals surface area contributed by atoms with Gasteiger partial charge >= 0.3 is 0 Å². The fourth-order valence-electron chi connectivity index (χ4n) is 4.51. The number of ether oxygens (including phenoxy) is 1. The number of pyridine rings is 1. The summed E-state index contributed by atoms with van der Waals surface area (Å²) in [5.41, 5.74) is 5.23. The predicted molar refractivity (Wildman–Crippen MR) is 128 cm³/mol. The summed E-state index contributed by atoms with van der Waals surface area (Å²) in [4.78, 5) is 27.5. The van der Waals surface area contributed by atoms with E-state index in [9.17, 15) is 4.79 Å². The lowest BCUT2D eigenvalue weighted by Gasteiger charge is -2.37. The number of anilines is 1. The third-order valence-electron chi connectivity index (χ3n) is 6.40. The molecule has 1 N–H and O–H groups in total. The molecule has 2 aliphatic rings. The van der Waals surface area contributed by atoms with Crippen molar-refractivity contribution in [1.82, 2.24) is 14.8 Å². The molecule has 1 unspecified atom stereocenters. The first-order valence-corrected chi connectivity index (χ1v) is 11.8. The molecule has 3 heterocycles. The quantitative estimate of drug-likeness (QED) is 0.578. The molecule has 0 spiro atoms. The van der Waals surface area contributed by atoms with Gasteiger partial charge in [0.1, 0.15) is 5.52 Å². The zero-order valence-electron chi connectivity index (χ0n) is 18.8. The smallest absolute Gasteiger partial charge is 0.253 e. The Bertz CT molecular complexity index is 1070. The third-order valence-corrected chi connectivity index (χ3v) is 6.40. The number of hydrogen-bond acceptors (Lipinski definition) is 6. The second kappa shape index (κ2) is 10.2. The molecular weight excluding hydrogens is 416 g/mol. The maximum absolute atomic E-state index is 13.0. The molecule has 172 valence electrons. The number of nitrogens with one attached hydrogen (secondary N) is 1. The van der Waals surface area contributed by atoms with Crippen LogP contribution in [0.25, 0.3) is 10.9 Å².